The lowest BCUT2D eigenvalue weighted by atomic mass is 10.0. The van der Waals surface area contributed by atoms with E-state index in [1.54, 1.807) is 24.3 Å². The number of esters is 1. The lowest BCUT2D eigenvalue weighted by molar-refractivity contribution is -0.141. The highest BCUT2D eigenvalue weighted by Gasteiger charge is 2.20. The summed E-state index contributed by atoms with van der Waals surface area (Å²) in [6.07, 6.45) is 0. The van der Waals surface area contributed by atoms with E-state index in [4.69, 9.17) is 49.2 Å². The van der Waals surface area contributed by atoms with Crippen molar-refractivity contribution in [2.75, 3.05) is 26.4 Å². The Morgan fingerprint density at radius 3 is 0.974 bits per heavy atom. The number of aliphatic hydroxyl groups excluding tert-OH is 1. The average molecular weight is 1010 g/mol. The minimum absolute atomic E-state index is 0.0191. The molecule has 3 N–H and O–H groups in total. The summed E-state index contributed by atoms with van der Waals surface area (Å²) in [6, 6.07) is 66.5. The summed E-state index contributed by atoms with van der Waals surface area (Å²) in [4.78, 5) is 40.2. The first-order chi connectivity index (χ1) is 37.8. The number of carbonyl (C=O) groups excluding carboxylic acids is 1. The van der Waals surface area contributed by atoms with Gasteiger partial charge in [-0.05, 0) is 67.4 Å². The second kappa shape index (κ2) is 22.2. The van der Waals surface area contributed by atoms with Crippen LogP contribution < -0.4 is 9.47 Å². The average Bonchev–Trinajstić information content (AvgIpc) is 3.48. The summed E-state index contributed by atoms with van der Waals surface area (Å²) in [5.74, 6) is 3.20. The van der Waals surface area contributed by atoms with Crippen molar-refractivity contribution >= 4 is 49.1 Å². The number of ether oxygens (including phenoxy) is 3. The van der Waals surface area contributed by atoms with Crippen LogP contribution in [-0.2, 0) is 9.53 Å². The van der Waals surface area contributed by atoms with Gasteiger partial charge in [0, 0.05) is 41.3 Å². The molecule has 12 aromatic rings. The lowest BCUT2D eigenvalue weighted by Crippen LogP contribution is -2.09. The van der Waals surface area contributed by atoms with Crippen molar-refractivity contribution in [1.82, 2.24) is 29.9 Å². The van der Waals surface area contributed by atoms with E-state index < -0.39 is 0 Å². The molecule has 77 heavy (non-hydrogen) atoms. The number of aliphatic hydroxyl groups is 1. The van der Waals surface area contributed by atoms with Crippen molar-refractivity contribution in [3.63, 3.8) is 0 Å². The predicted molar refractivity (Wildman–Crippen MR) is 300 cm³/mol. The molecule has 10 aromatic carbocycles. The van der Waals surface area contributed by atoms with E-state index >= 15 is 0 Å². The largest absolute Gasteiger partial charge is 0.507 e. The van der Waals surface area contributed by atoms with Crippen molar-refractivity contribution < 1.29 is 34.3 Å². The highest BCUT2D eigenvalue weighted by atomic mass is 16.6. The number of aromatic hydroxyl groups is 2. The van der Waals surface area contributed by atoms with Crippen molar-refractivity contribution in [2.45, 2.75) is 6.92 Å². The first-order valence-electron chi connectivity index (χ1n) is 24.9. The summed E-state index contributed by atoms with van der Waals surface area (Å²) in [7, 11) is 0. The van der Waals surface area contributed by atoms with E-state index in [0.29, 0.717) is 57.6 Å². The van der Waals surface area contributed by atoms with E-state index in [0.717, 1.165) is 65.3 Å². The van der Waals surface area contributed by atoms with Crippen LogP contribution in [0.1, 0.15) is 6.92 Å². The van der Waals surface area contributed by atoms with Gasteiger partial charge in [-0.2, -0.15) is 0 Å². The molecule has 0 unspecified atom stereocenters. The monoisotopic (exact) mass is 1010 g/mol. The third-order valence-electron chi connectivity index (χ3n) is 12.8. The van der Waals surface area contributed by atoms with E-state index in [-0.39, 0.29) is 43.9 Å². The number of nitrogens with zero attached hydrogens (tertiary/aromatic N) is 6. The minimum atomic E-state index is -0.374. The molecule has 12 rings (SSSR count). The van der Waals surface area contributed by atoms with Crippen LogP contribution in [0, 0.1) is 0 Å². The molecule has 0 fully saturated rings. The fraction of sp³-hybridized carbons (Fsp3) is 0.0781. The van der Waals surface area contributed by atoms with E-state index in [2.05, 4.69) is 60.7 Å². The van der Waals surface area contributed by atoms with Crippen molar-refractivity contribution in [1.29, 1.82) is 0 Å². The number of benzene rings is 10. The van der Waals surface area contributed by atoms with Gasteiger partial charge < -0.3 is 29.5 Å². The van der Waals surface area contributed by atoms with Gasteiger partial charge in [0.1, 0.15) is 42.8 Å². The molecule has 0 atom stereocenters. The first-order valence-corrected chi connectivity index (χ1v) is 24.9. The Hall–Kier alpha value is -10.1. The Morgan fingerprint density at radius 1 is 0.364 bits per heavy atom. The molecule has 13 nitrogen and oxygen atoms in total. The third-order valence-corrected chi connectivity index (χ3v) is 12.8. The maximum atomic E-state index is 11.0. The molecule has 0 aliphatic heterocycles. The van der Waals surface area contributed by atoms with E-state index in [9.17, 15) is 15.0 Å². The second-order valence-electron chi connectivity index (χ2n) is 17.8. The number of fused-ring (bicyclic) bond motifs is 4. The van der Waals surface area contributed by atoms with Crippen LogP contribution in [0.25, 0.3) is 111 Å². The van der Waals surface area contributed by atoms with E-state index in [1.165, 1.54) is 19.1 Å². The van der Waals surface area contributed by atoms with Crippen LogP contribution in [0.5, 0.6) is 23.0 Å². The smallest absolute Gasteiger partial charge is 0.302 e. The van der Waals surface area contributed by atoms with Crippen molar-refractivity contribution in [3.8, 4) is 91.3 Å². The molecule has 0 aliphatic rings. The van der Waals surface area contributed by atoms with Crippen molar-refractivity contribution in [3.05, 3.63) is 206 Å². The molecule has 0 saturated heterocycles. The normalized spacial score (nSPS) is 11.1. The predicted octanol–water partition coefficient (Wildman–Crippen LogP) is 13.1. The molecular formula is C64H48N6O7. The van der Waals surface area contributed by atoms with Crippen molar-refractivity contribution in [2.24, 2.45) is 0 Å². The Labute approximate surface area is 442 Å². The van der Waals surface area contributed by atoms with Crippen LogP contribution in [0.3, 0.4) is 0 Å². The zero-order valence-electron chi connectivity index (χ0n) is 41.6. The summed E-state index contributed by atoms with van der Waals surface area (Å²) >= 11 is 0. The van der Waals surface area contributed by atoms with Gasteiger partial charge in [0.15, 0.2) is 34.9 Å². The Morgan fingerprint density at radius 2 is 0.662 bits per heavy atom. The number of phenolic OH excluding ortho intramolecular Hbond substituents is 2. The third kappa shape index (κ3) is 10.7. The zero-order chi connectivity index (χ0) is 52.7. The number of aromatic nitrogens is 6. The molecule has 0 radical (unpaired) electrons. The van der Waals surface area contributed by atoms with Gasteiger partial charge >= 0.3 is 5.97 Å². The molecule has 0 bridgehead atoms. The number of hydrogen-bond acceptors (Lipinski definition) is 13. The summed E-state index contributed by atoms with van der Waals surface area (Å²) in [5, 5.41) is 39.3. The number of carbonyl (C=O) groups is 1. The molecule has 2 heterocycles. The molecule has 2 aromatic heterocycles. The van der Waals surface area contributed by atoms with Gasteiger partial charge in [-0.15, -0.1) is 0 Å². The summed E-state index contributed by atoms with van der Waals surface area (Å²) in [6.45, 7) is 1.66. The van der Waals surface area contributed by atoms with Gasteiger partial charge in [0.2, 0.25) is 0 Å². The topological polar surface area (TPSA) is 183 Å². The number of rotatable bonds is 13. The van der Waals surface area contributed by atoms with Gasteiger partial charge in [-0.3, -0.25) is 4.79 Å². The summed E-state index contributed by atoms with van der Waals surface area (Å²) < 4.78 is 16.0. The number of phenols is 2. The zero-order valence-corrected chi connectivity index (χ0v) is 41.6. The highest BCUT2D eigenvalue weighted by molar-refractivity contribution is 5.99. The quantitative estimate of drug-likeness (QED) is 0.0733. The Balaban J connectivity index is 0.000000164. The summed E-state index contributed by atoms with van der Waals surface area (Å²) in [5.41, 5.74) is 4.40. The fourth-order valence-corrected chi connectivity index (χ4v) is 9.25. The Kier molecular flexibility index (Phi) is 14.1. The molecular weight excluding hydrogens is 965 g/mol. The number of hydrogen-bond donors (Lipinski definition) is 3. The Bertz CT molecular complexity index is 3940. The van der Waals surface area contributed by atoms with Crippen LogP contribution >= 0.6 is 0 Å². The van der Waals surface area contributed by atoms with E-state index in [1.807, 2.05) is 109 Å². The maximum Gasteiger partial charge on any atom is 0.302 e. The van der Waals surface area contributed by atoms with Gasteiger partial charge in [0.25, 0.3) is 0 Å². The van der Waals surface area contributed by atoms with Gasteiger partial charge in [-0.25, -0.2) is 29.9 Å². The molecule has 0 saturated carbocycles. The molecule has 0 aliphatic carbocycles. The van der Waals surface area contributed by atoms with Crippen LogP contribution in [-0.4, -0.2) is 77.6 Å². The minimum Gasteiger partial charge on any atom is -0.507 e. The molecule has 376 valence electrons. The molecule has 0 amide bonds. The van der Waals surface area contributed by atoms with Gasteiger partial charge in [0.05, 0.1) is 17.7 Å². The first kappa shape index (κ1) is 49.1. The molecule has 0 spiro atoms. The van der Waals surface area contributed by atoms with Crippen LogP contribution in [0.15, 0.2) is 206 Å². The highest BCUT2D eigenvalue weighted by Crippen LogP contribution is 2.38. The SMILES string of the molecule is CC(=O)OCCOc1ccc(-c2nc(-c3cccc4ccccc34)nc(-c3cccc4ccccc34)n2)c(O)c1.OCCOc1ccc(-c2nc(-c3cccc4ccccc34)nc(-c3cccc4ccccc34)n2)c(O)c1. The van der Waals surface area contributed by atoms with Gasteiger partial charge in [-0.1, -0.05) is 170 Å². The fourth-order valence-electron chi connectivity index (χ4n) is 9.25. The second-order valence-corrected chi connectivity index (χ2v) is 17.8. The maximum absolute atomic E-state index is 11.0. The van der Waals surface area contributed by atoms with Crippen LogP contribution in [0.2, 0.25) is 0 Å². The van der Waals surface area contributed by atoms with Crippen LogP contribution in [0.4, 0.5) is 0 Å². The molecule has 13 heteroatoms. The standard InChI is InChI=1S/C33H25N3O4.C31H23N3O3/c1-21(37)39-18-19-40-24-16-17-29(30(38)20-24)33-35-31(27-14-6-10-22-8-2-4-12-25(22)27)34-32(36-33)28-15-7-11-23-9-3-5-13-26(23)28;35-17-18-37-22-15-16-27(28(36)19-22)31-33-29(25-13-5-9-20-7-1-3-11-23(20)25)32-30(34-31)26-14-6-10-21-8-2-4-12-24(21)26/h2-17,20,38H,18-19H2,1H3;1-16,19,35-36H,17-18H2. The lowest BCUT2D eigenvalue weighted by Gasteiger charge is -2.13.